The minimum atomic E-state index is -3.68. The van der Waals surface area contributed by atoms with E-state index in [-0.39, 0.29) is 23.1 Å². The fourth-order valence-corrected chi connectivity index (χ4v) is 4.28. The Hall–Kier alpha value is -0.960. The number of benzene rings is 1. The first-order valence-corrected chi connectivity index (χ1v) is 9.41. The van der Waals surface area contributed by atoms with Crippen LogP contribution in [0.25, 0.3) is 0 Å². The van der Waals surface area contributed by atoms with Gasteiger partial charge in [0.05, 0.1) is 17.1 Å². The van der Waals surface area contributed by atoms with Gasteiger partial charge >= 0.3 is 5.97 Å². The molecule has 1 atom stereocenters. The minimum absolute atomic E-state index is 0.0514. The molecule has 2 N–H and O–H groups in total. The average Bonchev–Trinajstić information content (AvgIpc) is 2.47. The van der Waals surface area contributed by atoms with Gasteiger partial charge in [0.2, 0.25) is 10.0 Å². The topological polar surface area (TPSA) is 84.5 Å². The molecule has 6 nitrogen and oxygen atoms in total. The van der Waals surface area contributed by atoms with Crippen LogP contribution in [0, 0.1) is 0 Å². The van der Waals surface area contributed by atoms with E-state index in [9.17, 15) is 13.2 Å². The highest BCUT2D eigenvalue weighted by molar-refractivity contribution is 9.10. The summed E-state index contributed by atoms with van der Waals surface area (Å²) >= 11 is 3.24. The Morgan fingerprint density at radius 2 is 2.23 bits per heavy atom. The van der Waals surface area contributed by atoms with Gasteiger partial charge in [0.25, 0.3) is 0 Å². The third-order valence-electron chi connectivity index (χ3n) is 3.31. The van der Waals surface area contributed by atoms with Crippen LogP contribution in [0.1, 0.15) is 30.1 Å². The number of hydrogen-bond acceptors (Lipinski definition) is 5. The van der Waals surface area contributed by atoms with Gasteiger partial charge in [0, 0.05) is 17.1 Å². The molecule has 122 valence electrons. The van der Waals surface area contributed by atoms with Crippen molar-refractivity contribution in [1.29, 1.82) is 0 Å². The number of nitrogens with one attached hydrogen (secondary N) is 2. The molecule has 1 saturated heterocycles. The summed E-state index contributed by atoms with van der Waals surface area (Å²) in [5, 5.41) is 3.16. The zero-order valence-electron chi connectivity index (χ0n) is 12.3. The standard InChI is InChI=1S/C14H19BrN2O4S/c1-2-21-14(18)10-6-11(15)8-13(7-10)22(19,20)17-12-4-3-5-16-9-12/h6-8,12,16-17H,2-5,9H2,1H3. The second-order valence-electron chi connectivity index (χ2n) is 5.06. The third-order valence-corrected chi connectivity index (χ3v) is 5.27. The number of carbonyl (C=O) groups excluding carboxylic acids is 1. The quantitative estimate of drug-likeness (QED) is 0.746. The highest BCUT2D eigenvalue weighted by Gasteiger charge is 2.23. The van der Waals surface area contributed by atoms with E-state index in [0.29, 0.717) is 11.0 Å². The van der Waals surface area contributed by atoms with Crippen LogP contribution >= 0.6 is 15.9 Å². The number of hydrogen-bond donors (Lipinski definition) is 2. The smallest absolute Gasteiger partial charge is 0.338 e. The molecule has 1 unspecified atom stereocenters. The maximum atomic E-state index is 12.5. The molecule has 0 aromatic heterocycles. The highest BCUT2D eigenvalue weighted by atomic mass is 79.9. The Bertz CT molecular complexity index is 642. The molecule has 1 aromatic rings. The molecule has 1 fully saturated rings. The summed E-state index contributed by atoms with van der Waals surface area (Å²) in [5.74, 6) is -0.542. The van der Waals surface area contributed by atoms with E-state index in [4.69, 9.17) is 4.74 Å². The van der Waals surface area contributed by atoms with Crippen LogP contribution in [0.2, 0.25) is 0 Å². The molecule has 1 aliphatic heterocycles. The molecule has 0 saturated carbocycles. The zero-order chi connectivity index (χ0) is 16.2. The van der Waals surface area contributed by atoms with Crippen molar-refractivity contribution >= 4 is 31.9 Å². The number of carbonyl (C=O) groups is 1. The van der Waals surface area contributed by atoms with Crippen molar-refractivity contribution in [2.45, 2.75) is 30.7 Å². The van der Waals surface area contributed by atoms with Crippen molar-refractivity contribution in [3.63, 3.8) is 0 Å². The SMILES string of the molecule is CCOC(=O)c1cc(Br)cc(S(=O)(=O)NC2CCCNC2)c1. The van der Waals surface area contributed by atoms with Gasteiger partial charge in [-0.1, -0.05) is 15.9 Å². The van der Waals surface area contributed by atoms with Gasteiger partial charge in [-0.15, -0.1) is 0 Å². The van der Waals surface area contributed by atoms with E-state index < -0.39 is 16.0 Å². The zero-order valence-corrected chi connectivity index (χ0v) is 14.7. The molecule has 2 rings (SSSR count). The summed E-state index contributed by atoms with van der Waals surface area (Å²) in [6.45, 7) is 3.45. The Labute approximate surface area is 138 Å². The average molecular weight is 391 g/mol. The van der Waals surface area contributed by atoms with E-state index in [1.807, 2.05) is 0 Å². The van der Waals surface area contributed by atoms with Gasteiger partial charge < -0.3 is 10.1 Å². The van der Waals surface area contributed by atoms with Gasteiger partial charge in [-0.3, -0.25) is 0 Å². The molecule has 0 bridgehead atoms. The van der Waals surface area contributed by atoms with Gasteiger partial charge in [0.1, 0.15) is 0 Å². The molecule has 8 heteroatoms. The van der Waals surface area contributed by atoms with Crippen LogP contribution in [0.3, 0.4) is 0 Å². The van der Waals surface area contributed by atoms with E-state index in [1.165, 1.54) is 12.1 Å². The number of rotatable bonds is 5. The lowest BCUT2D eigenvalue weighted by Crippen LogP contribution is -2.45. The Morgan fingerprint density at radius 3 is 2.86 bits per heavy atom. The molecule has 0 aliphatic carbocycles. The fourth-order valence-electron chi connectivity index (χ4n) is 2.29. The summed E-state index contributed by atoms with van der Waals surface area (Å²) in [6, 6.07) is 4.21. The Morgan fingerprint density at radius 1 is 1.45 bits per heavy atom. The van der Waals surface area contributed by atoms with Crippen molar-refractivity contribution in [2.24, 2.45) is 0 Å². The second kappa shape index (κ2) is 7.54. The summed E-state index contributed by atoms with van der Waals surface area (Å²) in [6.07, 6.45) is 1.73. The molecule has 1 aromatic carbocycles. The first-order valence-electron chi connectivity index (χ1n) is 7.13. The Balaban J connectivity index is 2.24. The van der Waals surface area contributed by atoms with E-state index in [0.717, 1.165) is 19.4 Å². The number of halogens is 1. The lowest BCUT2D eigenvalue weighted by Gasteiger charge is -2.23. The van der Waals surface area contributed by atoms with Gasteiger partial charge in [0.15, 0.2) is 0 Å². The van der Waals surface area contributed by atoms with Crippen molar-refractivity contribution in [2.75, 3.05) is 19.7 Å². The summed E-state index contributed by atoms with van der Waals surface area (Å²) < 4.78 is 33.1. The maximum absolute atomic E-state index is 12.5. The number of esters is 1. The monoisotopic (exact) mass is 390 g/mol. The normalized spacial score (nSPS) is 18.9. The highest BCUT2D eigenvalue weighted by Crippen LogP contribution is 2.21. The molecule has 22 heavy (non-hydrogen) atoms. The molecule has 0 radical (unpaired) electrons. The molecular weight excluding hydrogens is 372 g/mol. The predicted molar refractivity (Wildman–Crippen MR) is 86.3 cm³/mol. The number of sulfonamides is 1. The minimum Gasteiger partial charge on any atom is -0.462 e. The van der Waals surface area contributed by atoms with Gasteiger partial charge in [-0.2, -0.15) is 0 Å². The van der Waals surface area contributed by atoms with Crippen LogP contribution < -0.4 is 10.0 Å². The van der Waals surface area contributed by atoms with Crippen molar-refractivity contribution in [3.8, 4) is 0 Å². The lowest BCUT2D eigenvalue weighted by molar-refractivity contribution is 0.0526. The first-order chi connectivity index (χ1) is 10.4. The van der Waals surface area contributed by atoms with Crippen LogP contribution in [-0.2, 0) is 14.8 Å². The summed E-state index contributed by atoms with van der Waals surface area (Å²) in [7, 11) is -3.68. The lowest BCUT2D eigenvalue weighted by atomic mass is 10.1. The van der Waals surface area contributed by atoms with E-state index in [1.54, 1.807) is 13.0 Å². The fraction of sp³-hybridized carbons (Fsp3) is 0.500. The van der Waals surface area contributed by atoms with Crippen LogP contribution in [0.5, 0.6) is 0 Å². The summed E-state index contributed by atoms with van der Waals surface area (Å²) in [5.41, 5.74) is 0.207. The van der Waals surface area contributed by atoms with E-state index in [2.05, 4.69) is 26.0 Å². The van der Waals surface area contributed by atoms with Crippen LogP contribution in [0.15, 0.2) is 27.6 Å². The molecule has 0 amide bonds. The molecular formula is C14H19BrN2O4S. The maximum Gasteiger partial charge on any atom is 0.338 e. The van der Waals surface area contributed by atoms with Crippen molar-refractivity contribution in [3.05, 3.63) is 28.2 Å². The number of piperidine rings is 1. The van der Waals surface area contributed by atoms with Crippen molar-refractivity contribution in [1.82, 2.24) is 10.0 Å². The molecule has 1 heterocycles. The Kier molecular flexibility index (Phi) is 5.96. The summed E-state index contributed by atoms with van der Waals surface area (Å²) in [4.78, 5) is 11.8. The molecule has 1 aliphatic rings. The second-order valence-corrected chi connectivity index (χ2v) is 7.69. The number of ether oxygens (including phenoxy) is 1. The third kappa shape index (κ3) is 4.52. The largest absolute Gasteiger partial charge is 0.462 e. The predicted octanol–water partition coefficient (Wildman–Crippen LogP) is 1.66. The van der Waals surface area contributed by atoms with Crippen LogP contribution in [0.4, 0.5) is 0 Å². The van der Waals surface area contributed by atoms with Gasteiger partial charge in [-0.05, 0) is 44.5 Å². The van der Waals surface area contributed by atoms with E-state index >= 15 is 0 Å². The van der Waals surface area contributed by atoms with Gasteiger partial charge in [-0.25, -0.2) is 17.9 Å². The first kappa shape index (κ1) is 17.4. The van der Waals surface area contributed by atoms with Crippen LogP contribution in [-0.4, -0.2) is 40.1 Å². The molecule has 0 spiro atoms. The van der Waals surface area contributed by atoms with Crippen molar-refractivity contribution < 1.29 is 17.9 Å².